The van der Waals surface area contributed by atoms with Gasteiger partial charge in [0.15, 0.2) is 0 Å². The van der Waals surface area contributed by atoms with E-state index in [0.29, 0.717) is 41.4 Å². The zero-order valence-corrected chi connectivity index (χ0v) is 37.8. The maximum Gasteiger partial charge on any atom is 0.0196 e. The lowest BCUT2D eigenvalue weighted by Crippen LogP contribution is -2.36. The quantitative estimate of drug-likeness (QED) is 0.169. The Balaban J connectivity index is 1.01. The Morgan fingerprint density at radius 3 is 2.20 bits per heavy atom. The van der Waals surface area contributed by atoms with Crippen molar-refractivity contribution in [2.75, 3.05) is 0 Å². The number of fused-ring (bicyclic) bond motifs is 8. The van der Waals surface area contributed by atoms with E-state index in [1.54, 1.807) is 33.4 Å². The van der Waals surface area contributed by atoms with Crippen LogP contribution in [0.15, 0.2) is 209 Å². The van der Waals surface area contributed by atoms with E-state index in [0.717, 1.165) is 25.7 Å². The van der Waals surface area contributed by atoms with Gasteiger partial charge in [0.05, 0.1) is 0 Å². The van der Waals surface area contributed by atoms with E-state index in [1.165, 1.54) is 100.0 Å². The fourth-order valence-electron chi connectivity index (χ4n) is 14.8. The van der Waals surface area contributed by atoms with Crippen LogP contribution in [0, 0.1) is 41.4 Å². The van der Waals surface area contributed by atoms with Gasteiger partial charge in [-0.3, -0.25) is 0 Å². The first-order valence-corrected chi connectivity index (χ1v) is 24.9. The molecule has 7 unspecified atom stereocenters. The standard InChI is InChI=1S/C66H52/c1-37-14-12-15-38(2)58(37)46-31-44-25-24-42-26-29-51-64-57(34-47(32-46)59(44)62(42)64)66-61(41-20-10-5-11-21-41)55-35-52-50-23-13-22-49-48-28-27-43(39-16-6-3-7-17-39)30-45(48)33-54(63(49)50)53(52)36-56(55)60(65(51)66)40-18-8-4-9-19-40/h3-16,18-25,27-28,31-32,34-37,39,43-45,58-59H,17,26,29-30,33H2,1-2H3. The summed E-state index contributed by atoms with van der Waals surface area (Å²) in [5, 5.41) is 5.72. The predicted molar refractivity (Wildman–Crippen MR) is 276 cm³/mol. The van der Waals surface area contributed by atoms with Gasteiger partial charge in [-0.25, -0.2) is 0 Å². The van der Waals surface area contributed by atoms with Crippen LogP contribution in [0.4, 0.5) is 0 Å². The third-order valence-corrected chi connectivity index (χ3v) is 17.6. The highest BCUT2D eigenvalue weighted by molar-refractivity contribution is 6.22. The van der Waals surface area contributed by atoms with Gasteiger partial charge in [0.25, 0.3) is 0 Å². The normalized spacial score (nSPS) is 27.6. The highest BCUT2D eigenvalue weighted by Gasteiger charge is 2.46. The Morgan fingerprint density at radius 2 is 1.41 bits per heavy atom. The molecule has 10 aliphatic rings. The van der Waals surface area contributed by atoms with E-state index in [4.69, 9.17) is 0 Å². The van der Waals surface area contributed by atoms with Crippen LogP contribution in [-0.4, -0.2) is 0 Å². The second-order valence-electron chi connectivity index (χ2n) is 20.9. The van der Waals surface area contributed by atoms with Crippen molar-refractivity contribution >= 4 is 33.1 Å². The first-order chi connectivity index (χ1) is 32.6. The van der Waals surface area contributed by atoms with Crippen molar-refractivity contribution in [1.29, 1.82) is 0 Å². The molecule has 0 bridgehead atoms. The molecule has 0 radical (unpaired) electrons. The topological polar surface area (TPSA) is 0 Å². The Bertz CT molecular complexity index is 3570. The van der Waals surface area contributed by atoms with Crippen molar-refractivity contribution in [2.45, 2.75) is 46.0 Å². The molecule has 0 amide bonds. The summed E-state index contributed by atoms with van der Waals surface area (Å²) in [5.74, 6) is 3.30. The van der Waals surface area contributed by atoms with Crippen molar-refractivity contribution in [3.8, 4) is 33.4 Å². The molecular weight excluding hydrogens is 793 g/mol. The smallest absolute Gasteiger partial charge is 0.0196 e. The predicted octanol–water partition coefficient (Wildman–Crippen LogP) is 14.9. The Hall–Kier alpha value is -6.76. The van der Waals surface area contributed by atoms with E-state index < -0.39 is 0 Å². The molecule has 15 rings (SSSR count). The lowest BCUT2D eigenvalue weighted by Gasteiger charge is -2.42. The summed E-state index contributed by atoms with van der Waals surface area (Å²) in [6.07, 6.45) is 40.0. The van der Waals surface area contributed by atoms with Gasteiger partial charge in [0, 0.05) is 17.8 Å². The van der Waals surface area contributed by atoms with E-state index in [2.05, 4.69) is 190 Å². The van der Waals surface area contributed by atoms with Gasteiger partial charge >= 0.3 is 0 Å². The van der Waals surface area contributed by atoms with Crippen LogP contribution < -0.4 is 10.4 Å². The third kappa shape index (κ3) is 5.11. The number of benzene rings is 5. The first-order valence-electron chi connectivity index (χ1n) is 24.9. The van der Waals surface area contributed by atoms with Gasteiger partial charge in [-0.15, -0.1) is 0 Å². The van der Waals surface area contributed by atoms with E-state index in [9.17, 15) is 0 Å². The largest absolute Gasteiger partial charge is 0.0839 e. The van der Waals surface area contributed by atoms with Crippen LogP contribution in [0.25, 0.3) is 66.4 Å². The summed E-state index contributed by atoms with van der Waals surface area (Å²) >= 11 is 0. The van der Waals surface area contributed by atoms with Crippen molar-refractivity contribution in [3.63, 3.8) is 0 Å². The van der Waals surface area contributed by atoms with Gasteiger partial charge in [-0.05, 0) is 202 Å². The molecule has 0 aliphatic heterocycles. The number of hydrogen-bond acceptors (Lipinski definition) is 0. The highest BCUT2D eigenvalue weighted by Crippen LogP contribution is 2.64. The van der Waals surface area contributed by atoms with Gasteiger partial charge < -0.3 is 0 Å². The zero-order chi connectivity index (χ0) is 43.4. The summed E-state index contributed by atoms with van der Waals surface area (Å²) in [4.78, 5) is 0. The van der Waals surface area contributed by atoms with Crippen molar-refractivity contribution < 1.29 is 0 Å². The third-order valence-electron chi connectivity index (χ3n) is 17.6. The van der Waals surface area contributed by atoms with Gasteiger partial charge in [-0.2, -0.15) is 0 Å². The van der Waals surface area contributed by atoms with Crippen LogP contribution in [0.1, 0.15) is 62.6 Å². The SMILES string of the molecule is CC1=CC=CC(C)C1C1=CC2C=CC3=C4C5=C(CC3)c3c(c(-c6ccccc6)c6cc7c(cc6c3-c3ccccc3)C3=c6c-7cccc6=C6C=CC(C7C=CC=CC7)CC6C3)C5=CC(=C1)C42. The Kier molecular flexibility index (Phi) is 7.88. The molecule has 7 atom stereocenters. The molecule has 0 heterocycles. The minimum atomic E-state index is 0.364. The Labute approximate surface area is 388 Å². The summed E-state index contributed by atoms with van der Waals surface area (Å²) in [6.45, 7) is 4.74. The van der Waals surface area contributed by atoms with Crippen LogP contribution >= 0.6 is 0 Å². The molecule has 5 aromatic carbocycles. The number of rotatable bonds is 4. The van der Waals surface area contributed by atoms with Crippen LogP contribution in [-0.2, 0) is 0 Å². The molecule has 316 valence electrons. The molecular formula is C66H52. The van der Waals surface area contributed by atoms with Gasteiger partial charge in [0.1, 0.15) is 0 Å². The first kappa shape index (κ1) is 37.5. The maximum absolute atomic E-state index is 2.68. The van der Waals surface area contributed by atoms with Crippen LogP contribution in [0.3, 0.4) is 0 Å². The molecule has 0 N–H and O–H groups in total. The molecule has 0 heteroatoms. The van der Waals surface area contributed by atoms with Crippen molar-refractivity contribution in [3.05, 3.63) is 237 Å². The molecule has 0 nitrogen and oxygen atoms in total. The molecule has 0 saturated carbocycles. The zero-order valence-electron chi connectivity index (χ0n) is 37.8. The monoisotopic (exact) mass is 844 g/mol. The van der Waals surface area contributed by atoms with Crippen LogP contribution in [0.2, 0.25) is 0 Å². The fourth-order valence-corrected chi connectivity index (χ4v) is 14.8. The molecule has 0 fully saturated rings. The van der Waals surface area contributed by atoms with Crippen molar-refractivity contribution in [2.24, 2.45) is 41.4 Å². The minimum absolute atomic E-state index is 0.364. The average molecular weight is 845 g/mol. The highest BCUT2D eigenvalue weighted by atomic mass is 14.5. The number of hydrogen-bond donors (Lipinski definition) is 0. The molecule has 66 heavy (non-hydrogen) atoms. The van der Waals surface area contributed by atoms with E-state index in [-0.39, 0.29) is 0 Å². The fraction of sp³-hybridized carbons (Fsp3) is 0.212. The lowest BCUT2D eigenvalue weighted by molar-refractivity contribution is 0.392. The average Bonchev–Trinajstić information content (AvgIpc) is 3.85. The second-order valence-corrected chi connectivity index (χ2v) is 20.9. The molecule has 0 spiro atoms. The summed E-state index contributed by atoms with van der Waals surface area (Å²) < 4.78 is 0. The summed E-state index contributed by atoms with van der Waals surface area (Å²) in [5.41, 5.74) is 28.0. The lowest BCUT2D eigenvalue weighted by atomic mass is 9.61. The summed E-state index contributed by atoms with van der Waals surface area (Å²) in [7, 11) is 0. The molecule has 5 aromatic rings. The summed E-state index contributed by atoms with van der Waals surface area (Å²) in [6, 6.07) is 35.4. The maximum atomic E-state index is 2.68. The molecule has 10 aliphatic carbocycles. The van der Waals surface area contributed by atoms with Gasteiger partial charge in [0.2, 0.25) is 0 Å². The molecule has 0 aromatic heterocycles. The van der Waals surface area contributed by atoms with E-state index in [1.807, 2.05) is 0 Å². The Morgan fingerprint density at radius 1 is 0.606 bits per heavy atom. The number of allylic oxidation sites excluding steroid dienone is 22. The minimum Gasteiger partial charge on any atom is -0.0839 e. The van der Waals surface area contributed by atoms with E-state index >= 15 is 0 Å². The van der Waals surface area contributed by atoms with Crippen LogP contribution in [0.5, 0.6) is 0 Å². The van der Waals surface area contributed by atoms with Crippen molar-refractivity contribution in [1.82, 2.24) is 0 Å². The molecule has 0 saturated heterocycles. The van der Waals surface area contributed by atoms with Gasteiger partial charge in [-0.1, -0.05) is 170 Å². The second kappa shape index (κ2) is 13.9.